The highest BCUT2D eigenvalue weighted by Crippen LogP contribution is 2.01. The predicted molar refractivity (Wildman–Crippen MR) is 51.8 cm³/mol. The molecule has 0 rings (SSSR count). The van der Waals surface area contributed by atoms with E-state index in [1.165, 1.54) is 0 Å². The maximum absolute atomic E-state index is 11.0. The van der Waals surface area contributed by atoms with Gasteiger partial charge in [0.15, 0.2) is 0 Å². The molecule has 0 fully saturated rings. The zero-order valence-corrected chi connectivity index (χ0v) is 7.85. The van der Waals surface area contributed by atoms with Crippen molar-refractivity contribution in [1.82, 2.24) is 5.32 Å². The first kappa shape index (κ1) is 10.7. The predicted octanol–water partition coefficient (Wildman–Crippen LogP) is 1.81. The Morgan fingerprint density at radius 2 is 2.00 bits per heavy atom. The fraction of sp³-hybridized carbons (Fsp3) is 0.300. The Labute approximate surface area is 73.7 Å². The van der Waals surface area contributed by atoms with Crippen LogP contribution in [0.3, 0.4) is 0 Å². The largest absolute Gasteiger partial charge is 0.355 e. The van der Waals surface area contributed by atoms with Crippen LogP contribution < -0.4 is 5.32 Å². The van der Waals surface area contributed by atoms with Crippen molar-refractivity contribution in [3.8, 4) is 0 Å². The standard InChI is InChI=1S/C10H15NO/c1-5-6-8(2)7-9(3)10(12)11-4/h5-7H,1H2,2-4H3,(H,11,12)/b8-6-,9-7+. The molecular weight excluding hydrogens is 150 g/mol. The van der Waals surface area contributed by atoms with Gasteiger partial charge in [0, 0.05) is 12.6 Å². The van der Waals surface area contributed by atoms with Crippen LogP contribution in [0.4, 0.5) is 0 Å². The number of carbonyl (C=O) groups is 1. The molecule has 0 radical (unpaired) electrons. The number of hydrogen-bond acceptors (Lipinski definition) is 1. The lowest BCUT2D eigenvalue weighted by Crippen LogP contribution is -2.18. The lowest BCUT2D eigenvalue weighted by Gasteiger charge is -1.98. The van der Waals surface area contributed by atoms with E-state index in [0.717, 1.165) is 5.57 Å². The van der Waals surface area contributed by atoms with E-state index in [1.54, 1.807) is 20.0 Å². The Hall–Kier alpha value is -1.31. The molecule has 0 unspecified atom stereocenters. The van der Waals surface area contributed by atoms with E-state index < -0.39 is 0 Å². The molecule has 0 aromatic heterocycles. The van der Waals surface area contributed by atoms with Gasteiger partial charge in [0.05, 0.1) is 0 Å². The fourth-order valence-electron chi connectivity index (χ4n) is 0.838. The van der Waals surface area contributed by atoms with Gasteiger partial charge in [-0.2, -0.15) is 0 Å². The van der Waals surface area contributed by atoms with Gasteiger partial charge >= 0.3 is 0 Å². The monoisotopic (exact) mass is 165 g/mol. The van der Waals surface area contributed by atoms with Gasteiger partial charge < -0.3 is 5.32 Å². The summed E-state index contributed by atoms with van der Waals surface area (Å²) in [6.45, 7) is 7.27. The van der Waals surface area contributed by atoms with E-state index in [4.69, 9.17) is 0 Å². The van der Waals surface area contributed by atoms with Crippen molar-refractivity contribution in [3.05, 3.63) is 36.0 Å². The summed E-state index contributed by atoms with van der Waals surface area (Å²) in [4.78, 5) is 11.0. The molecule has 0 atom stereocenters. The van der Waals surface area contributed by atoms with Gasteiger partial charge in [0.1, 0.15) is 0 Å². The van der Waals surface area contributed by atoms with Crippen LogP contribution in [0.25, 0.3) is 0 Å². The molecule has 0 saturated heterocycles. The molecule has 0 aliphatic rings. The van der Waals surface area contributed by atoms with E-state index in [-0.39, 0.29) is 5.91 Å². The van der Waals surface area contributed by atoms with Crippen molar-refractivity contribution in [1.29, 1.82) is 0 Å². The number of carbonyl (C=O) groups excluding carboxylic acids is 1. The summed E-state index contributed by atoms with van der Waals surface area (Å²) < 4.78 is 0. The summed E-state index contributed by atoms with van der Waals surface area (Å²) in [6.07, 6.45) is 5.37. The zero-order valence-electron chi connectivity index (χ0n) is 7.85. The fourth-order valence-corrected chi connectivity index (χ4v) is 0.838. The van der Waals surface area contributed by atoms with Gasteiger partial charge in [-0.05, 0) is 13.8 Å². The van der Waals surface area contributed by atoms with Crippen molar-refractivity contribution in [3.63, 3.8) is 0 Å². The molecule has 0 spiro atoms. The number of amides is 1. The molecule has 66 valence electrons. The van der Waals surface area contributed by atoms with Crippen LogP contribution in [0.15, 0.2) is 36.0 Å². The minimum Gasteiger partial charge on any atom is -0.355 e. The second-order valence-corrected chi connectivity index (χ2v) is 2.55. The van der Waals surface area contributed by atoms with Crippen LogP contribution in [-0.2, 0) is 4.79 Å². The van der Waals surface area contributed by atoms with Crippen LogP contribution in [0.1, 0.15) is 13.8 Å². The summed E-state index contributed by atoms with van der Waals surface area (Å²) in [5.41, 5.74) is 1.72. The van der Waals surface area contributed by atoms with Crippen molar-refractivity contribution >= 4 is 5.91 Å². The highest BCUT2D eigenvalue weighted by atomic mass is 16.1. The topological polar surface area (TPSA) is 29.1 Å². The first-order valence-electron chi connectivity index (χ1n) is 3.81. The van der Waals surface area contributed by atoms with Crippen molar-refractivity contribution in [2.45, 2.75) is 13.8 Å². The molecule has 1 amide bonds. The molecule has 2 nitrogen and oxygen atoms in total. The van der Waals surface area contributed by atoms with Crippen LogP contribution in [-0.4, -0.2) is 13.0 Å². The van der Waals surface area contributed by atoms with Gasteiger partial charge in [0.25, 0.3) is 0 Å². The second-order valence-electron chi connectivity index (χ2n) is 2.55. The van der Waals surface area contributed by atoms with Gasteiger partial charge in [-0.1, -0.05) is 30.4 Å². The van der Waals surface area contributed by atoms with E-state index in [1.807, 2.05) is 19.1 Å². The quantitative estimate of drug-likeness (QED) is 0.501. The van der Waals surface area contributed by atoms with E-state index >= 15 is 0 Å². The molecule has 0 saturated carbocycles. The van der Waals surface area contributed by atoms with Crippen LogP contribution in [0.2, 0.25) is 0 Å². The number of nitrogens with one attached hydrogen (secondary N) is 1. The first-order valence-corrected chi connectivity index (χ1v) is 3.81. The van der Waals surface area contributed by atoms with Gasteiger partial charge in [0.2, 0.25) is 5.91 Å². The summed E-state index contributed by atoms with van der Waals surface area (Å²) >= 11 is 0. The number of likely N-dealkylation sites (N-methyl/N-ethyl adjacent to an activating group) is 1. The SMILES string of the molecule is C=C/C=C(C)\C=C(/C)C(=O)NC. The van der Waals surface area contributed by atoms with Gasteiger partial charge in [-0.15, -0.1) is 0 Å². The average molecular weight is 165 g/mol. The number of hydrogen-bond donors (Lipinski definition) is 1. The zero-order chi connectivity index (χ0) is 9.56. The molecule has 0 bridgehead atoms. The lowest BCUT2D eigenvalue weighted by molar-refractivity contribution is -0.116. The molecule has 12 heavy (non-hydrogen) atoms. The number of allylic oxidation sites excluding steroid dienone is 4. The molecule has 0 aromatic carbocycles. The van der Waals surface area contributed by atoms with Crippen LogP contribution >= 0.6 is 0 Å². The number of rotatable bonds is 3. The summed E-state index contributed by atoms with van der Waals surface area (Å²) in [7, 11) is 1.62. The third-order valence-corrected chi connectivity index (χ3v) is 1.41. The maximum Gasteiger partial charge on any atom is 0.246 e. The van der Waals surface area contributed by atoms with E-state index in [2.05, 4.69) is 11.9 Å². The average Bonchev–Trinajstić information content (AvgIpc) is 2.03. The second kappa shape index (κ2) is 5.35. The van der Waals surface area contributed by atoms with Crippen molar-refractivity contribution in [2.75, 3.05) is 7.05 Å². The highest BCUT2D eigenvalue weighted by molar-refractivity contribution is 5.92. The molecule has 0 aliphatic carbocycles. The third kappa shape index (κ3) is 3.76. The Morgan fingerprint density at radius 3 is 2.42 bits per heavy atom. The summed E-state index contributed by atoms with van der Waals surface area (Å²) in [5.74, 6) is -0.0492. The Morgan fingerprint density at radius 1 is 1.42 bits per heavy atom. The highest BCUT2D eigenvalue weighted by Gasteiger charge is 1.98. The Balaban J connectivity index is 4.45. The molecule has 2 heteroatoms. The van der Waals surface area contributed by atoms with Crippen molar-refractivity contribution < 1.29 is 4.79 Å². The van der Waals surface area contributed by atoms with Crippen LogP contribution in [0.5, 0.6) is 0 Å². The Bertz CT molecular complexity index is 236. The minimum atomic E-state index is -0.0492. The van der Waals surface area contributed by atoms with Crippen molar-refractivity contribution in [2.24, 2.45) is 0 Å². The summed E-state index contributed by atoms with van der Waals surface area (Å²) in [6, 6.07) is 0. The maximum atomic E-state index is 11.0. The Kier molecular flexibility index (Phi) is 4.77. The van der Waals surface area contributed by atoms with Gasteiger partial charge in [-0.25, -0.2) is 0 Å². The van der Waals surface area contributed by atoms with Gasteiger partial charge in [-0.3, -0.25) is 4.79 Å². The first-order chi connectivity index (χ1) is 5.61. The molecule has 0 heterocycles. The molecule has 0 aliphatic heterocycles. The molecule has 1 N–H and O–H groups in total. The smallest absolute Gasteiger partial charge is 0.246 e. The van der Waals surface area contributed by atoms with E-state index in [0.29, 0.717) is 5.57 Å². The minimum absolute atomic E-state index is 0.0492. The molecule has 0 aromatic rings. The lowest BCUT2D eigenvalue weighted by atomic mass is 10.2. The van der Waals surface area contributed by atoms with Crippen LogP contribution in [0, 0.1) is 0 Å². The normalized spacial score (nSPS) is 12.6. The molecular formula is C10H15NO. The third-order valence-electron chi connectivity index (χ3n) is 1.41. The van der Waals surface area contributed by atoms with E-state index in [9.17, 15) is 4.79 Å². The summed E-state index contributed by atoms with van der Waals surface area (Å²) in [5, 5.41) is 2.55.